The molecule has 4 rings (SSSR count). The number of rotatable bonds is 6. The molecule has 31 heavy (non-hydrogen) atoms. The molecule has 1 amide bonds. The van der Waals surface area contributed by atoms with Gasteiger partial charge < -0.3 is 9.15 Å². The van der Waals surface area contributed by atoms with E-state index >= 15 is 0 Å². The van der Waals surface area contributed by atoms with Gasteiger partial charge in [0.1, 0.15) is 16.8 Å². The molecule has 0 spiro atoms. The Kier molecular flexibility index (Phi) is 6.39. The fraction of sp³-hybridized carbons (Fsp3) is 0.182. The Morgan fingerprint density at radius 2 is 2.03 bits per heavy atom. The summed E-state index contributed by atoms with van der Waals surface area (Å²) in [4.78, 5) is 29.5. The Bertz CT molecular complexity index is 1120. The normalized spacial score (nSPS) is 15.6. The van der Waals surface area contributed by atoms with E-state index in [0.29, 0.717) is 27.8 Å². The van der Waals surface area contributed by atoms with Gasteiger partial charge >= 0.3 is 5.97 Å². The van der Waals surface area contributed by atoms with Crippen molar-refractivity contribution in [2.75, 3.05) is 12.9 Å². The van der Waals surface area contributed by atoms with E-state index in [1.807, 2.05) is 18.4 Å². The number of halogens is 1. The number of carbonyl (C=O) groups excluding carboxylic acids is 2. The van der Waals surface area contributed by atoms with Gasteiger partial charge in [-0.1, -0.05) is 23.7 Å². The molecule has 0 aliphatic carbocycles. The number of hydrogen-bond acceptors (Lipinski definition) is 7. The van der Waals surface area contributed by atoms with Crippen LogP contribution in [0.15, 0.2) is 75.5 Å². The fourth-order valence-corrected chi connectivity index (χ4v) is 3.90. The van der Waals surface area contributed by atoms with Crippen molar-refractivity contribution < 1.29 is 18.7 Å². The van der Waals surface area contributed by atoms with Crippen molar-refractivity contribution in [3.8, 4) is 0 Å². The van der Waals surface area contributed by atoms with Gasteiger partial charge in [-0.3, -0.25) is 4.79 Å². The molecule has 0 saturated heterocycles. The van der Waals surface area contributed by atoms with Crippen LogP contribution in [0.2, 0.25) is 5.02 Å². The van der Waals surface area contributed by atoms with Crippen LogP contribution in [0.5, 0.6) is 0 Å². The summed E-state index contributed by atoms with van der Waals surface area (Å²) in [6, 6.07) is 13.6. The van der Waals surface area contributed by atoms with Crippen LogP contribution in [0.1, 0.15) is 34.1 Å². The molecule has 0 fully saturated rings. The molecule has 3 heterocycles. The largest absolute Gasteiger partial charge is 0.467 e. The SMILES string of the molecule is CSc1ncccc1C(=O)OCC(=O)N1N=C(c2ccc(Cl)cc2)CC1c1ccco1. The molecule has 0 N–H and O–H groups in total. The van der Waals surface area contributed by atoms with Gasteiger partial charge in [0, 0.05) is 17.6 Å². The fourth-order valence-electron chi connectivity index (χ4n) is 3.24. The minimum absolute atomic E-state index is 0.317. The van der Waals surface area contributed by atoms with Crippen LogP contribution in [0.4, 0.5) is 0 Å². The zero-order valence-electron chi connectivity index (χ0n) is 16.5. The minimum Gasteiger partial charge on any atom is -0.467 e. The van der Waals surface area contributed by atoms with Gasteiger partial charge in [0.15, 0.2) is 6.61 Å². The summed E-state index contributed by atoms with van der Waals surface area (Å²) in [6.45, 7) is -0.448. The van der Waals surface area contributed by atoms with E-state index in [4.69, 9.17) is 20.8 Å². The molecule has 1 aliphatic rings. The second-order valence-corrected chi connectivity index (χ2v) is 7.89. The molecule has 7 nitrogen and oxygen atoms in total. The number of furan rings is 1. The first-order chi connectivity index (χ1) is 15.1. The number of esters is 1. The summed E-state index contributed by atoms with van der Waals surface area (Å²) in [5, 5.41) is 6.97. The second-order valence-electron chi connectivity index (χ2n) is 6.66. The van der Waals surface area contributed by atoms with Gasteiger partial charge in [-0.25, -0.2) is 14.8 Å². The summed E-state index contributed by atoms with van der Waals surface area (Å²) < 4.78 is 10.8. The number of aromatic nitrogens is 1. The number of nitrogens with zero attached hydrogens (tertiary/aromatic N) is 3. The van der Waals surface area contributed by atoms with Crippen LogP contribution >= 0.6 is 23.4 Å². The Labute approximate surface area is 188 Å². The second kappa shape index (κ2) is 9.36. The average molecular weight is 456 g/mol. The molecule has 1 unspecified atom stereocenters. The van der Waals surface area contributed by atoms with E-state index in [1.165, 1.54) is 16.8 Å². The molecule has 2 aromatic heterocycles. The standard InChI is InChI=1S/C22H18ClN3O4S/c1-31-21-16(4-2-10-24-21)22(28)30-13-20(27)26-18(19-5-3-11-29-19)12-17(25-26)14-6-8-15(23)9-7-14/h2-11,18H,12-13H2,1H3. The number of ether oxygens (including phenoxy) is 1. The number of pyridine rings is 1. The van der Waals surface area contributed by atoms with Crippen molar-refractivity contribution >= 4 is 41.0 Å². The third-order valence-corrected chi connectivity index (χ3v) is 5.69. The smallest absolute Gasteiger partial charge is 0.341 e. The van der Waals surface area contributed by atoms with E-state index in [0.717, 1.165) is 11.3 Å². The van der Waals surface area contributed by atoms with Crippen molar-refractivity contribution in [1.29, 1.82) is 0 Å². The molecule has 9 heteroatoms. The molecule has 0 saturated carbocycles. The molecule has 0 radical (unpaired) electrons. The summed E-state index contributed by atoms with van der Waals surface area (Å²) in [5.74, 6) is -0.459. The monoisotopic (exact) mass is 455 g/mol. The highest BCUT2D eigenvalue weighted by Gasteiger charge is 2.35. The van der Waals surface area contributed by atoms with Crippen molar-refractivity contribution in [2.45, 2.75) is 17.5 Å². The highest BCUT2D eigenvalue weighted by molar-refractivity contribution is 7.98. The summed E-state index contributed by atoms with van der Waals surface area (Å²) in [5.41, 5.74) is 1.89. The first-order valence-electron chi connectivity index (χ1n) is 9.42. The highest BCUT2D eigenvalue weighted by atomic mass is 35.5. The van der Waals surface area contributed by atoms with Crippen LogP contribution in [-0.2, 0) is 9.53 Å². The Morgan fingerprint density at radius 1 is 1.23 bits per heavy atom. The zero-order chi connectivity index (χ0) is 21.8. The van der Waals surface area contributed by atoms with Crippen LogP contribution in [0, 0.1) is 0 Å². The van der Waals surface area contributed by atoms with Crippen LogP contribution in [0.3, 0.4) is 0 Å². The molecular weight excluding hydrogens is 438 g/mol. The zero-order valence-corrected chi connectivity index (χ0v) is 18.1. The lowest BCUT2D eigenvalue weighted by atomic mass is 10.0. The van der Waals surface area contributed by atoms with Gasteiger partial charge in [-0.05, 0) is 48.2 Å². The van der Waals surface area contributed by atoms with Crippen molar-refractivity contribution in [1.82, 2.24) is 9.99 Å². The van der Waals surface area contributed by atoms with Crippen molar-refractivity contribution in [2.24, 2.45) is 5.10 Å². The van der Waals surface area contributed by atoms with Gasteiger partial charge in [-0.2, -0.15) is 5.10 Å². The van der Waals surface area contributed by atoms with Crippen LogP contribution in [-0.4, -0.2) is 40.4 Å². The summed E-state index contributed by atoms with van der Waals surface area (Å²) in [7, 11) is 0. The van der Waals surface area contributed by atoms with Gasteiger partial charge in [0.05, 0.1) is 17.5 Å². The Morgan fingerprint density at radius 3 is 2.74 bits per heavy atom. The number of thioether (sulfide) groups is 1. The van der Waals surface area contributed by atoms with E-state index in [2.05, 4.69) is 10.1 Å². The maximum Gasteiger partial charge on any atom is 0.341 e. The summed E-state index contributed by atoms with van der Waals surface area (Å²) >= 11 is 7.31. The van der Waals surface area contributed by atoms with Gasteiger partial charge in [0.2, 0.25) is 0 Å². The topological polar surface area (TPSA) is 85.0 Å². The molecule has 158 valence electrons. The number of amides is 1. The number of carbonyl (C=O) groups is 2. The lowest BCUT2D eigenvalue weighted by Gasteiger charge is -2.19. The average Bonchev–Trinajstić information content (AvgIpc) is 3.47. The maximum absolute atomic E-state index is 12.9. The maximum atomic E-state index is 12.9. The number of hydrazone groups is 1. The predicted molar refractivity (Wildman–Crippen MR) is 117 cm³/mol. The molecule has 1 aliphatic heterocycles. The summed E-state index contributed by atoms with van der Waals surface area (Å²) in [6.07, 6.45) is 5.42. The molecule has 0 bridgehead atoms. The lowest BCUT2D eigenvalue weighted by Crippen LogP contribution is -2.31. The molecule has 1 atom stereocenters. The highest BCUT2D eigenvalue weighted by Crippen LogP contribution is 2.33. The Hall–Kier alpha value is -3.10. The third kappa shape index (κ3) is 4.65. The van der Waals surface area contributed by atoms with Crippen LogP contribution in [0.25, 0.3) is 0 Å². The third-order valence-electron chi connectivity index (χ3n) is 4.73. The van der Waals surface area contributed by atoms with Crippen LogP contribution < -0.4 is 0 Å². The van der Waals surface area contributed by atoms with E-state index < -0.39 is 24.5 Å². The first kappa shape index (κ1) is 21.1. The number of hydrogen-bond donors (Lipinski definition) is 0. The van der Waals surface area contributed by atoms with Gasteiger partial charge in [-0.15, -0.1) is 11.8 Å². The number of benzene rings is 1. The molecule has 3 aromatic rings. The quantitative estimate of drug-likeness (QED) is 0.399. The Balaban J connectivity index is 1.52. The van der Waals surface area contributed by atoms with E-state index in [1.54, 1.807) is 48.9 Å². The lowest BCUT2D eigenvalue weighted by molar-refractivity contribution is -0.136. The van der Waals surface area contributed by atoms with Crippen molar-refractivity contribution in [3.63, 3.8) is 0 Å². The van der Waals surface area contributed by atoms with Crippen molar-refractivity contribution in [3.05, 3.63) is 82.9 Å². The minimum atomic E-state index is -0.610. The predicted octanol–water partition coefficient (Wildman–Crippen LogP) is 4.58. The van der Waals surface area contributed by atoms with E-state index in [9.17, 15) is 9.59 Å². The van der Waals surface area contributed by atoms with Gasteiger partial charge in [0.25, 0.3) is 5.91 Å². The first-order valence-corrected chi connectivity index (χ1v) is 11.0. The molecular formula is C22H18ClN3O4S. The molecule has 1 aromatic carbocycles. The van der Waals surface area contributed by atoms with E-state index in [-0.39, 0.29) is 0 Å².